The predicted molar refractivity (Wildman–Crippen MR) is 65.4 cm³/mol. The predicted octanol–water partition coefficient (Wildman–Crippen LogP) is 1.22. The fraction of sp³-hybridized carbons (Fsp3) is 0.923. The number of methoxy groups -OCH3 is 1. The summed E-state index contributed by atoms with van der Waals surface area (Å²) in [5.74, 6) is -1.16. The van der Waals surface area contributed by atoms with E-state index in [1.54, 1.807) is 13.8 Å². The van der Waals surface area contributed by atoms with Gasteiger partial charge in [0, 0.05) is 6.61 Å². The van der Waals surface area contributed by atoms with Crippen LogP contribution in [0.1, 0.15) is 33.1 Å². The highest BCUT2D eigenvalue weighted by molar-refractivity contribution is 5.75. The molecule has 0 amide bonds. The van der Waals surface area contributed by atoms with Crippen molar-refractivity contribution < 1.29 is 28.5 Å². The Hall–Kier alpha value is -0.690. The lowest BCUT2D eigenvalue weighted by molar-refractivity contribution is -0.225. The van der Waals surface area contributed by atoms with Crippen LogP contribution in [0.25, 0.3) is 0 Å². The van der Waals surface area contributed by atoms with Gasteiger partial charge in [-0.1, -0.05) is 0 Å². The van der Waals surface area contributed by atoms with Crippen molar-refractivity contribution >= 4 is 5.97 Å². The summed E-state index contributed by atoms with van der Waals surface area (Å²) in [4.78, 5) is 11.8. The molecule has 0 saturated carbocycles. The first kappa shape index (κ1) is 14.7. The molecule has 6 nitrogen and oxygen atoms in total. The van der Waals surface area contributed by atoms with Crippen molar-refractivity contribution in [2.75, 3.05) is 20.3 Å². The van der Waals surface area contributed by atoms with Crippen LogP contribution in [0, 0.1) is 0 Å². The smallest absolute Gasteiger partial charge is 0.337 e. The van der Waals surface area contributed by atoms with Crippen molar-refractivity contribution in [1.29, 1.82) is 0 Å². The van der Waals surface area contributed by atoms with Crippen LogP contribution in [0.2, 0.25) is 0 Å². The molecule has 19 heavy (non-hydrogen) atoms. The number of carbonyl (C=O) groups is 1. The number of ether oxygens (including phenoxy) is 5. The van der Waals surface area contributed by atoms with E-state index in [0.717, 1.165) is 19.3 Å². The van der Waals surface area contributed by atoms with Crippen molar-refractivity contribution in [1.82, 2.24) is 0 Å². The number of esters is 1. The first-order valence-electron chi connectivity index (χ1n) is 6.68. The van der Waals surface area contributed by atoms with Crippen LogP contribution in [0.4, 0.5) is 0 Å². The first-order valence-corrected chi connectivity index (χ1v) is 6.68. The Labute approximate surface area is 113 Å². The van der Waals surface area contributed by atoms with Crippen LogP contribution in [-0.4, -0.2) is 50.6 Å². The molecule has 2 heterocycles. The molecule has 0 radical (unpaired) electrons. The Bertz CT molecular complexity index is 310. The largest absolute Gasteiger partial charge is 0.467 e. The lowest BCUT2D eigenvalue weighted by atomic mass is 10.2. The third-order valence-electron chi connectivity index (χ3n) is 3.24. The zero-order chi connectivity index (χ0) is 13.9. The molecular formula is C13H22O6. The van der Waals surface area contributed by atoms with Gasteiger partial charge in [-0.15, -0.1) is 0 Å². The molecule has 0 aromatic carbocycles. The van der Waals surface area contributed by atoms with E-state index < -0.39 is 24.0 Å². The standard InChI is InChI=1S/C13H22O6/c1-13(2)17-8-9(19-13)11(12(14)15-3)18-10-6-4-5-7-16-10/h9-11H,4-8H2,1-3H3/t9-,10?,11-/m0/s1. The van der Waals surface area contributed by atoms with Gasteiger partial charge in [-0.25, -0.2) is 4.79 Å². The summed E-state index contributed by atoms with van der Waals surface area (Å²) in [5.41, 5.74) is 0. The minimum absolute atomic E-state index is 0.305. The normalized spacial score (nSPS) is 31.9. The van der Waals surface area contributed by atoms with Crippen LogP contribution in [0.3, 0.4) is 0 Å². The van der Waals surface area contributed by atoms with E-state index in [1.807, 2.05) is 0 Å². The summed E-state index contributed by atoms with van der Waals surface area (Å²) in [5, 5.41) is 0. The van der Waals surface area contributed by atoms with Gasteiger partial charge >= 0.3 is 5.97 Å². The van der Waals surface area contributed by atoms with E-state index in [9.17, 15) is 4.79 Å². The van der Waals surface area contributed by atoms with Gasteiger partial charge in [-0.2, -0.15) is 0 Å². The molecule has 1 unspecified atom stereocenters. The van der Waals surface area contributed by atoms with E-state index in [4.69, 9.17) is 23.7 Å². The molecule has 2 rings (SSSR count). The second kappa shape index (κ2) is 6.17. The van der Waals surface area contributed by atoms with Crippen molar-refractivity contribution in [3.05, 3.63) is 0 Å². The summed E-state index contributed by atoms with van der Waals surface area (Å²) in [7, 11) is 1.33. The van der Waals surface area contributed by atoms with Crippen LogP contribution in [-0.2, 0) is 28.5 Å². The van der Waals surface area contributed by atoms with Gasteiger partial charge in [-0.05, 0) is 33.1 Å². The molecule has 110 valence electrons. The molecule has 0 bridgehead atoms. The monoisotopic (exact) mass is 274 g/mol. The summed E-state index contributed by atoms with van der Waals surface area (Å²) >= 11 is 0. The first-order chi connectivity index (χ1) is 9.02. The minimum Gasteiger partial charge on any atom is -0.467 e. The quantitative estimate of drug-likeness (QED) is 0.718. The Morgan fingerprint density at radius 3 is 2.68 bits per heavy atom. The van der Waals surface area contributed by atoms with Gasteiger partial charge in [0.15, 0.2) is 18.2 Å². The zero-order valence-electron chi connectivity index (χ0n) is 11.7. The zero-order valence-corrected chi connectivity index (χ0v) is 11.7. The van der Waals surface area contributed by atoms with Crippen LogP contribution in [0.5, 0.6) is 0 Å². The number of hydrogen-bond donors (Lipinski definition) is 0. The van der Waals surface area contributed by atoms with Crippen LogP contribution in [0.15, 0.2) is 0 Å². The molecule has 2 aliphatic heterocycles. The topological polar surface area (TPSA) is 63.2 Å². The maximum absolute atomic E-state index is 11.8. The third kappa shape index (κ3) is 3.89. The average Bonchev–Trinajstić information content (AvgIpc) is 2.76. The highest BCUT2D eigenvalue weighted by atomic mass is 16.8. The highest BCUT2D eigenvalue weighted by Crippen LogP contribution is 2.27. The van der Waals surface area contributed by atoms with Gasteiger partial charge in [0.1, 0.15) is 6.10 Å². The Morgan fingerprint density at radius 2 is 2.16 bits per heavy atom. The molecule has 2 saturated heterocycles. The van der Waals surface area contributed by atoms with Gasteiger partial charge in [0.2, 0.25) is 0 Å². The van der Waals surface area contributed by atoms with Crippen LogP contribution < -0.4 is 0 Å². The molecular weight excluding hydrogens is 252 g/mol. The van der Waals surface area contributed by atoms with Crippen LogP contribution >= 0.6 is 0 Å². The fourth-order valence-electron chi connectivity index (χ4n) is 2.26. The molecule has 2 aliphatic rings. The molecule has 6 heteroatoms. The van der Waals surface area contributed by atoms with E-state index >= 15 is 0 Å². The second-order valence-corrected chi connectivity index (χ2v) is 5.24. The Kier molecular flexibility index (Phi) is 4.78. The van der Waals surface area contributed by atoms with Crippen molar-refractivity contribution in [3.8, 4) is 0 Å². The summed E-state index contributed by atoms with van der Waals surface area (Å²) in [6.07, 6.45) is 1.20. The van der Waals surface area contributed by atoms with Gasteiger partial charge in [0.25, 0.3) is 0 Å². The van der Waals surface area contributed by atoms with E-state index in [1.165, 1.54) is 7.11 Å². The molecule has 0 aromatic heterocycles. The SMILES string of the molecule is COC(=O)[C@@H](OC1CCCCO1)[C@@H]1COC(C)(C)O1. The minimum atomic E-state index is -0.810. The molecule has 2 fully saturated rings. The molecule has 0 aromatic rings. The van der Waals surface area contributed by atoms with E-state index in [0.29, 0.717) is 13.2 Å². The molecule has 0 aliphatic carbocycles. The lowest BCUT2D eigenvalue weighted by Crippen LogP contribution is -2.43. The Morgan fingerprint density at radius 1 is 1.37 bits per heavy atom. The third-order valence-corrected chi connectivity index (χ3v) is 3.24. The van der Waals surface area contributed by atoms with Gasteiger partial charge < -0.3 is 23.7 Å². The number of hydrogen-bond acceptors (Lipinski definition) is 6. The summed E-state index contributed by atoms with van der Waals surface area (Å²) in [6, 6.07) is 0. The number of carbonyl (C=O) groups excluding carboxylic acids is 1. The molecule has 3 atom stereocenters. The molecule has 0 spiro atoms. The average molecular weight is 274 g/mol. The maximum atomic E-state index is 11.8. The van der Waals surface area contributed by atoms with Crippen molar-refractivity contribution in [2.24, 2.45) is 0 Å². The highest BCUT2D eigenvalue weighted by Gasteiger charge is 2.43. The number of rotatable bonds is 4. The Balaban J connectivity index is 1.97. The van der Waals surface area contributed by atoms with Gasteiger partial charge in [0.05, 0.1) is 13.7 Å². The van der Waals surface area contributed by atoms with E-state index in [-0.39, 0.29) is 6.29 Å². The molecule has 0 N–H and O–H groups in total. The van der Waals surface area contributed by atoms with Gasteiger partial charge in [-0.3, -0.25) is 0 Å². The summed E-state index contributed by atoms with van der Waals surface area (Å²) in [6.45, 7) is 4.57. The van der Waals surface area contributed by atoms with E-state index in [2.05, 4.69) is 0 Å². The lowest BCUT2D eigenvalue weighted by Gasteiger charge is -2.29. The summed E-state index contributed by atoms with van der Waals surface area (Å²) < 4.78 is 27.1. The maximum Gasteiger partial charge on any atom is 0.337 e. The second-order valence-electron chi connectivity index (χ2n) is 5.24. The van der Waals surface area contributed by atoms with Crippen molar-refractivity contribution in [2.45, 2.75) is 57.4 Å². The fourth-order valence-corrected chi connectivity index (χ4v) is 2.26. The van der Waals surface area contributed by atoms with Crippen molar-refractivity contribution in [3.63, 3.8) is 0 Å².